The Morgan fingerprint density at radius 1 is 1.19 bits per heavy atom. The van der Waals surface area contributed by atoms with E-state index in [1.165, 1.54) is 16.0 Å². The van der Waals surface area contributed by atoms with Gasteiger partial charge in [-0.05, 0) is 57.0 Å². The minimum Gasteiger partial charge on any atom is -0.325 e. The number of hydrogen-bond acceptors (Lipinski definition) is 4. The summed E-state index contributed by atoms with van der Waals surface area (Å²) in [6.07, 6.45) is 3.94. The van der Waals surface area contributed by atoms with E-state index in [0.717, 1.165) is 16.8 Å². The molecule has 0 saturated heterocycles. The van der Waals surface area contributed by atoms with Gasteiger partial charge < -0.3 is 5.32 Å². The maximum absolute atomic E-state index is 12.2. The van der Waals surface area contributed by atoms with Gasteiger partial charge in [0.05, 0.1) is 18.1 Å². The lowest BCUT2D eigenvalue weighted by Gasteiger charge is -2.08. The van der Waals surface area contributed by atoms with Gasteiger partial charge in [0.2, 0.25) is 5.91 Å². The van der Waals surface area contributed by atoms with E-state index < -0.39 is 0 Å². The summed E-state index contributed by atoms with van der Waals surface area (Å²) in [5, 5.41) is 8.21. The van der Waals surface area contributed by atoms with Crippen LogP contribution in [0.5, 0.6) is 0 Å². The maximum Gasteiger partial charge on any atom is 0.225 e. The minimum absolute atomic E-state index is 0.00117. The van der Waals surface area contributed by atoms with Crippen molar-refractivity contribution < 1.29 is 4.79 Å². The summed E-state index contributed by atoms with van der Waals surface area (Å²) in [4.78, 5) is 17.8. The first-order chi connectivity index (χ1) is 12.4. The Bertz CT molecular complexity index is 933. The maximum atomic E-state index is 12.2. The van der Waals surface area contributed by atoms with E-state index >= 15 is 0 Å². The first-order valence-electron chi connectivity index (χ1n) is 8.77. The standard InChI is InChI=1S/C20H24N4OS/c1-13(2)24-20-16(11-22-24)10-17(12-21-20)23-19(25)7-8-26-18-6-5-14(3)15(4)9-18/h5-6,9-13H,7-8H2,1-4H3,(H,23,25). The monoisotopic (exact) mass is 368 g/mol. The van der Waals surface area contributed by atoms with Gasteiger partial charge in [-0.2, -0.15) is 5.10 Å². The fourth-order valence-corrected chi connectivity index (χ4v) is 3.62. The molecule has 26 heavy (non-hydrogen) atoms. The van der Waals surface area contributed by atoms with E-state index in [1.807, 2.05) is 10.7 Å². The number of benzene rings is 1. The second kappa shape index (κ2) is 7.91. The molecule has 3 rings (SSSR count). The Balaban J connectivity index is 1.56. The van der Waals surface area contributed by atoms with Gasteiger partial charge in [-0.15, -0.1) is 11.8 Å². The normalized spacial score (nSPS) is 11.3. The van der Waals surface area contributed by atoms with Crippen LogP contribution in [0.15, 0.2) is 41.6 Å². The Kier molecular flexibility index (Phi) is 5.61. The van der Waals surface area contributed by atoms with Gasteiger partial charge in [0.15, 0.2) is 5.65 Å². The van der Waals surface area contributed by atoms with Gasteiger partial charge in [0.25, 0.3) is 0 Å². The lowest BCUT2D eigenvalue weighted by molar-refractivity contribution is -0.115. The number of carbonyl (C=O) groups excluding carboxylic acids is 1. The van der Waals surface area contributed by atoms with Crippen molar-refractivity contribution in [1.82, 2.24) is 14.8 Å². The summed E-state index contributed by atoms with van der Waals surface area (Å²) in [7, 11) is 0. The molecule has 1 N–H and O–H groups in total. The topological polar surface area (TPSA) is 59.8 Å². The average molecular weight is 369 g/mol. The third-order valence-electron chi connectivity index (χ3n) is 4.28. The van der Waals surface area contributed by atoms with Crippen molar-refractivity contribution in [2.75, 3.05) is 11.1 Å². The van der Waals surface area contributed by atoms with Gasteiger partial charge in [-0.3, -0.25) is 4.79 Å². The van der Waals surface area contributed by atoms with E-state index in [2.05, 4.69) is 61.3 Å². The predicted molar refractivity (Wildman–Crippen MR) is 108 cm³/mol. The average Bonchev–Trinajstić information content (AvgIpc) is 3.01. The zero-order valence-corrected chi connectivity index (χ0v) is 16.4. The Morgan fingerprint density at radius 3 is 2.73 bits per heavy atom. The highest BCUT2D eigenvalue weighted by molar-refractivity contribution is 7.99. The van der Waals surface area contributed by atoms with Crippen molar-refractivity contribution in [3.05, 3.63) is 47.8 Å². The van der Waals surface area contributed by atoms with E-state index in [1.54, 1.807) is 24.2 Å². The highest BCUT2D eigenvalue weighted by Gasteiger charge is 2.09. The van der Waals surface area contributed by atoms with Gasteiger partial charge in [0, 0.05) is 28.5 Å². The molecular weight excluding hydrogens is 344 g/mol. The Hall–Kier alpha value is -2.34. The van der Waals surface area contributed by atoms with Crippen LogP contribution in [-0.4, -0.2) is 26.4 Å². The third-order valence-corrected chi connectivity index (χ3v) is 5.28. The molecule has 0 radical (unpaired) electrons. The molecule has 0 spiro atoms. The molecule has 5 nitrogen and oxygen atoms in total. The molecule has 0 atom stereocenters. The molecule has 136 valence electrons. The smallest absolute Gasteiger partial charge is 0.225 e. The molecule has 1 aromatic carbocycles. The first-order valence-corrected chi connectivity index (χ1v) is 9.76. The van der Waals surface area contributed by atoms with Gasteiger partial charge >= 0.3 is 0 Å². The zero-order chi connectivity index (χ0) is 18.7. The molecule has 0 aliphatic rings. The summed E-state index contributed by atoms with van der Waals surface area (Å²) in [6, 6.07) is 8.57. The number of nitrogens with zero attached hydrogens (tertiary/aromatic N) is 3. The Morgan fingerprint density at radius 2 is 2.00 bits per heavy atom. The van der Waals surface area contributed by atoms with Crippen LogP contribution in [0.25, 0.3) is 11.0 Å². The molecule has 0 fully saturated rings. The summed E-state index contributed by atoms with van der Waals surface area (Å²) in [5.41, 5.74) is 4.11. The molecule has 0 saturated carbocycles. The van der Waals surface area contributed by atoms with Crippen LogP contribution >= 0.6 is 11.8 Å². The highest BCUT2D eigenvalue weighted by Crippen LogP contribution is 2.22. The summed E-state index contributed by atoms with van der Waals surface area (Å²) < 4.78 is 1.88. The molecule has 3 aromatic rings. The van der Waals surface area contributed by atoms with Crippen LogP contribution in [0.3, 0.4) is 0 Å². The fourth-order valence-electron chi connectivity index (χ4n) is 2.68. The van der Waals surface area contributed by atoms with Crippen molar-refractivity contribution >= 4 is 34.4 Å². The van der Waals surface area contributed by atoms with Crippen LogP contribution in [0.1, 0.15) is 37.4 Å². The number of carbonyl (C=O) groups is 1. The number of amides is 1. The molecular formula is C20H24N4OS. The number of pyridine rings is 1. The number of aromatic nitrogens is 3. The first kappa shape index (κ1) is 18.5. The van der Waals surface area contributed by atoms with Gasteiger partial charge in [0.1, 0.15) is 0 Å². The molecule has 2 heterocycles. The summed E-state index contributed by atoms with van der Waals surface area (Å²) >= 11 is 1.70. The van der Waals surface area contributed by atoms with Crippen LogP contribution in [0.4, 0.5) is 5.69 Å². The third kappa shape index (κ3) is 4.25. The Labute approximate surface area is 158 Å². The lowest BCUT2D eigenvalue weighted by Crippen LogP contribution is -2.12. The van der Waals surface area contributed by atoms with E-state index in [-0.39, 0.29) is 11.9 Å². The van der Waals surface area contributed by atoms with E-state index in [0.29, 0.717) is 12.1 Å². The predicted octanol–water partition coefficient (Wildman–Crippen LogP) is 4.75. The molecule has 0 aliphatic carbocycles. The number of anilines is 1. The van der Waals surface area contributed by atoms with Gasteiger partial charge in [-0.25, -0.2) is 9.67 Å². The van der Waals surface area contributed by atoms with Crippen molar-refractivity contribution in [3.63, 3.8) is 0 Å². The number of fused-ring (bicyclic) bond motifs is 1. The fraction of sp³-hybridized carbons (Fsp3) is 0.350. The molecule has 0 bridgehead atoms. The SMILES string of the molecule is Cc1ccc(SCCC(=O)Nc2cnc3c(cnn3C(C)C)c2)cc1C. The zero-order valence-electron chi connectivity index (χ0n) is 15.6. The van der Waals surface area contributed by atoms with Crippen LogP contribution in [0, 0.1) is 13.8 Å². The molecule has 6 heteroatoms. The minimum atomic E-state index is -0.00117. The van der Waals surface area contributed by atoms with E-state index in [4.69, 9.17) is 0 Å². The number of nitrogens with one attached hydrogen (secondary N) is 1. The number of aryl methyl sites for hydroxylation is 2. The van der Waals surface area contributed by atoms with Crippen molar-refractivity contribution in [2.45, 2.75) is 45.1 Å². The van der Waals surface area contributed by atoms with Crippen LogP contribution < -0.4 is 5.32 Å². The molecule has 1 amide bonds. The highest BCUT2D eigenvalue weighted by atomic mass is 32.2. The number of thioether (sulfide) groups is 1. The summed E-state index contributed by atoms with van der Waals surface area (Å²) in [6.45, 7) is 8.34. The number of hydrogen-bond donors (Lipinski definition) is 1. The molecule has 0 aliphatic heterocycles. The van der Waals surface area contributed by atoms with Gasteiger partial charge in [-0.1, -0.05) is 6.07 Å². The summed E-state index contributed by atoms with van der Waals surface area (Å²) in [5.74, 6) is 0.744. The number of rotatable bonds is 6. The molecule has 2 aromatic heterocycles. The van der Waals surface area contributed by atoms with E-state index in [9.17, 15) is 4.79 Å². The second-order valence-corrected chi connectivity index (χ2v) is 7.88. The van der Waals surface area contributed by atoms with Crippen molar-refractivity contribution in [3.8, 4) is 0 Å². The molecule has 0 unspecified atom stereocenters. The van der Waals surface area contributed by atoms with Crippen LogP contribution in [0.2, 0.25) is 0 Å². The quantitative estimate of drug-likeness (QED) is 0.638. The van der Waals surface area contributed by atoms with Crippen LogP contribution in [-0.2, 0) is 4.79 Å². The second-order valence-electron chi connectivity index (χ2n) is 6.71. The lowest BCUT2D eigenvalue weighted by atomic mass is 10.1. The van der Waals surface area contributed by atoms with Crippen molar-refractivity contribution in [2.24, 2.45) is 0 Å². The van der Waals surface area contributed by atoms with Crippen molar-refractivity contribution in [1.29, 1.82) is 0 Å². The largest absolute Gasteiger partial charge is 0.325 e.